The van der Waals surface area contributed by atoms with Crippen LogP contribution in [0, 0.1) is 0 Å². The van der Waals surface area contributed by atoms with Crippen molar-refractivity contribution in [2.45, 2.75) is 80.9 Å². The van der Waals surface area contributed by atoms with Crippen molar-refractivity contribution >= 4 is 5.78 Å². The van der Waals surface area contributed by atoms with Gasteiger partial charge in [0.1, 0.15) is 77.4 Å². The number of hydrogen-bond donors (Lipinski definition) is 7. The van der Waals surface area contributed by atoms with E-state index in [2.05, 4.69) is 0 Å². The molecule has 3 heterocycles. The highest BCUT2D eigenvalue weighted by Gasteiger charge is 2.47. The lowest BCUT2D eigenvalue weighted by atomic mass is 9.95. The summed E-state index contributed by atoms with van der Waals surface area (Å²) in [6.45, 7) is 0.994. The van der Waals surface area contributed by atoms with Gasteiger partial charge in [0, 0.05) is 12.1 Å². The lowest BCUT2D eigenvalue weighted by Gasteiger charge is -2.42. The molecule has 2 fully saturated rings. The minimum absolute atomic E-state index is 0.0261. The molecule has 0 radical (unpaired) electrons. The molecule has 2 saturated heterocycles. The third-order valence-electron chi connectivity index (χ3n) is 7.59. The molecule has 14 heteroatoms. The number of phenolic OH excluding ortho intramolecular Hbond substituents is 1. The Labute approximate surface area is 240 Å². The van der Waals surface area contributed by atoms with Crippen LogP contribution in [0.4, 0.5) is 0 Å². The molecule has 0 aromatic heterocycles. The predicted octanol–water partition coefficient (Wildman–Crippen LogP) is -0.862. The Morgan fingerprint density at radius 2 is 1.57 bits per heavy atom. The number of aliphatic hydroxyl groups is 6. The lowest BCUT2D eigenvalue weighted by Crippen LogP contribution is -2.61. The van der Waals surface area contributed by atoms with Crippen LogP contribution in [0.2, 0.25) is 0 Å². The van der Waals surface area contributed by atoms with Gasteiger partial charge >= 0.3 is 0 Å². The van der Waals surface area contributed by atoms with Crippen LogP contribution >= 0.6 is 0 Å². The number of carbonyl (C=O) groups is 1. The maximum absolute atomic E-state index is 12.9. The van der Waals surface area contributed by atoms with Crippen molar-refractivity contribution in [1.82, 2.24) is 0 Å². The third-order valence-corrected chi connectivity index (χ3v) is 7.59. The SMILES string of the molecule is COc1cccc(C2CC(=O)c3c(O)cc(O[C@@H]4O[C@H](CO[C@@H]5O[C@@H](C)[C@H](O)[C@@H](O)[C@H]5O)[C@@H](O)[C@H](O)[C@H]4O)cc3O2)c1. The number of phenols is 1. The molecule has 7 N–H and O–H groups in total. The second kappa shape index (κ2) is 12.3. The van der Waals surface area contributed by atoms with Gasteiger partial charge in [0.15, 0.2) is 12.1 Å². The first-order chi connectivity index (χ1) is 20.0. The monoisotopic (exact) mass is 594 g/mol. The highest BCUT2D eigenvalue weighted by molar-refractivity contribution is 6.02. The molecule has 1 unspecified atom stereocenters. The number of benzene rings is 2. The Bertz CT molecular complexity index is 1270. The average molecular weight is 595 g/mol. The Balaban J connectivity index is 1.30. The van der Waals surface area contributed by atoms with E-state index in [1.807, 2.05) is 0 Å². The van der Waals surface area contributed by atoms with Crippen LogP contribution in [0.25, 0.3) is 0 Å². The topological polar surface area (TPSA) is 214 Å². The number of ether oxygens (including phenoxy) is 6. The molecule has 14 nitrogen and oxygen atoms in total. The van der Waals surface area contributed by atoms with Crippen LogP contribution in [0.15, 0.2) is 36.4 Å². The molecule has 0 aliphatic carbocycles. The first-order valence-corrected chi connectivity index (χ1v) is 13.4. The quantitative estimate of drug-likeness (QED) is 0.208. The Morgan fingerprint density at radius 1 is 0.857 bits per heavy atom. The van der Waals surface area contributed by atoms with Gasteiger partial charge in [-0.3, -0.25) is 4.79 Å². The molecular weight excluding hydrogens is 560 g/mol. The highest BCUT2D eigenvalue weighted by atomic mass is 16.7. The Hall–Kier alpha value is -3.05. The molecule has 11 atom stereocenters. The molecule has 0 spiro atoms. The minimum atomic E-state index is -1.75. The van der Waals surface area contributed by atoms with E-state index >= 15 is 0 Å². The number of fused-ring (bicyclic) bond motifs is 1. The van der Waals surface area contributed by atoms with E-state index in [0.717, 1.165) is 6.07 Å². The summed E-state index contributed by atoms with van der Waals surface area (Å²) in [6, 6.07) is 9.46. The van der Waals surface area contributed by atoms with Crippen LogP contribution in [0.5, 0.6) is 23.0 Å². The smallest absolute Gasteiger partial charge is 0.229 e. The Morgan fingerprint density at radius 3 is 2.31 bits per heavy atom. The molecule has 3 aliphatic rings. The van der Waals surface area contributed by atoms with E-state index < -0.39 is 79.9 Å². The maximum atomic E-state index is 12.9. The van der Waals surface area contributed by atoms with Gasteiger partial charge in [0.2, 0.25) is 6.29 Å². The highest BCUT2D eigenvalue weighted by Crippen LogP contribution is 2.43. The fraction of sp³-hybridized carbons (Fsp3) is 0.536. The predicted molar refractivity (Wildman–Crippen MR) is 139 cm³/mol. The molecule has 3 aliphatic heterocycles. The summed E-state index contributed by atoms with van der Waals surface area (Å²) in [5.74, 6) is -0.268. The first kappa shape index (κ1) is 30.4. The van der Waals surface area contributed by atoms with E-state index in [4.69, 9.17) is 28.4 Å². The lowest BCUT2D eigenvalue weighted by molar-refractivity contribution is -0.318. The molecule has 42 heavy (non-hydrogen) atoms. The number of aliphatic hydroxyl groups excluding tert-OH is 6. The van der Waals surface area contributed by atoms with Crippen molar-refractivity contribution in [2.24, 2.45) is 0 Å². The van der Waals surface area contributed by atoms with Gasteiger partial charge in [-0.25, -0.2) is 0 Å². The summed E-state index contributed by atoms with van der Waals surface area (Å²) >= 11 is 0. The summed E-state index contributed by atoms with van der Waals surface area (Å²) in [5, 5.41) is 72.1. The average Bonchev–Trinajstić information content (AvgIpc) is 2.97. The van der Waals surface area contributed by atoms with Crippen LogP contribution in [0.3, 0.4) is 0 Å². The van der Waals surface area contributed by atoms with Crippen molar-refractivity contribution < 1.29 is 69.0 Å². The number of hydrogen-bond acceptors (Lipinski definition) is 14. The zero-order valence-corrected chi connectivity index (χ0v) is 22.7. The molecule has 0 bridgehead atoms. The first-order valence-electron chi connectivity index (χ1n) is 13.4. The number of ketones is 1. The third kappa shape index (κ3) is 5.90. The van der Waals surface area contributed by atoms with E-state index in [9.17, 15) is 40.5 Å². The van der Waals surface area contributed by atoms with Crippen molar-refractivity contribution in [3.63, 3.8) is 0 Å². The standard InChI is InChI=1S/C28H34O14/c1-11-21(31)23(33)25(35)27(39-11)38-10-19-22(32)24(34)26(36)28(42-19)40-14-7-15(29)20-16(30)9-17(41-18(20)8-14)12-4-3-5-13(6-12)37-2/h3-8,11,17,19,21-29,31-36H,9-10H2,1-2H3/t11-,17?,19+,21-,22+,23+,24-,25+,26+,27+,28+/m0/s1. The van der Waals surface area contributed by atoms with Gasteiger partial charge in [0.05, 0.1) is 26.2 Å². The number of Topliss-reactive ketones (excluding diaryl/α,β-unsaturated/α-hetero) is 1. The molecule has 5 rings (SSSR count). The summed E-state index contributed by atoms with van der Waals surface area (Å²) in [5.41, 5.74) is 0.634. The largest absolute Gasteiger partial charge is 0.507 e. The summed E-state index contributed by atoms with van der Waals surface area (Å²) in [4.78, 5) is 12.9. The zero-order chi connectivity index (χ0) is 30.3. The number of carbonyl (C=O) groups excluding carboxylic acids is 1. The van der Waals surface area contributed by atoms with Crippen molar-refractivity contribution in [3.8, 4) is 23.0 Å². The Kier molecular flexibility index (Phi) is 8.89. The normalized spacial score (nSPS) is 36.6. The molecule has 0 amide bonds. The second-order valence-electron chi connectivity index (χ2n) is 10.5. The van der Waals surface area contributed by atoms with Gasteiger partial charge in [0.25, 0.3) is 0 Å². The molecule has 2 aromatic rings. The van der Waals surface area contributed by atoms with E-state index in [1.165, 1.54) is 20.1 Å². The van der Waals surface area contributed by atoms with Gasteiger partial charge < -0.3 is 64.2 Å². The van der Waals surface area contributed by atoms with Crippen LogP contribution in [-0.2, 0) is 14.2 Å². The van der Waals surface area contributed by atoms with Crippen molar-refractivity contribution in [1.29, 1.82) is 0 Å². The molecular formula is C28H34O14. The van der Waals surface area contributed by atoms with E-state index in [0.29, 0.717) is 11.3 Å². The van der Waals surface area contributed by atoms with E-state index in [1.54, 1.807) is 24.3 Å². The molecule has 2 aromatic carbocycles. The van der Waals surface area contributed by atoms with Crippen molar-refractivity contribution in [2.75, 3.05) is 13.7 Å². The van der Waals surface area contributed by atoms with Crippen LogP contribution < -0.4 is 14.2 Å². The summed E-state index contributed by atoms with van der Waals surface area (Å²) < 4.78 is 33.5. The van der Waals surface area contributed by atoms with Crippen molar-refractivity contribution in [3.05, 3.63) is 47.5 Å². The van der Waals surface area contributed by atoms with Gasteiger partial charge in [-0.1, -0.05) is 12.1 Å². The van der Waals surface area contributed by atoms with Crippen LogP contribution in [0.1, 0.15) is 35.4 Å². The van der Waals surface area contributed by atoms with Crippen LogP contribution in [-0.4, -0.2) is 117 Å². The van der Waals surface area contributed by atoms with E-state index in [-0.39, 0.29) is 29.3 Å². The summed E-state index contributed by atoms with van der Waals surface area (Å²) in [7, 11) is 1.51. The molecule has 0 saturated carbocycles. The fourth-order valence-electron chi connectivity index (χ4n) is 5.14. The maximum Gasteiger partial charge on any atom is 0.229 e. The number of methoxy groups -OCH3 is 1. The van der Waals surface area contributed by atoms with Gasteiger partial charge in [-0.2, -0.15) is 0 Å². The summed E-state index contributed by atoms with van der Waals surface area (Å²) in [6.07, 6.45) is -15.5. The van der Waals surface area contributed by atoms with Gasteiger partial charge in [-0.15, -0.1) is 0 Å². The molecule has 230 valence electrons. The fourth-order valence-corrected chi connectivity index (χ4v) is 5.14. The number of rotatable bonds is 7. The minimum Gasteiger partial charge on any atom is -0.507 e. The second-order valence-corrected chi connectivity index (χ2v) is 10.5. The number of aromatic hydroxyl groups is 1. The zero-order valence-electron chi connectivity index (χ0n) is 22.7. The van der Waals surface area contributed by atoms with Gasteiger partial charge in [-0.05, 0) is 24.6 Å².